The summed E-state index contributed by atoms with van der Waals surface area (Å²) in [5, 5.41) is 0. The Labute approximate surface area is 77.1 Å². The molecule has 0 bridgehead atoms. The summed E-state index contributed by atoms with van der Waals surface area (Å²) in [7, 11) is 8.33. The molecule has 0 aromatic rings. The van der Waals surface area contributed by atoms with E-state index in [1.807, 2.05) is 0 Å². The van der Waals surface area contributed by atoms with Crippen LogP contribution in [0.2, 0.25) is 0 Å². The molecular weight excluding hydrogens is 150 g/mol. The van der Waals surface area contributed by atoms with Crippen LogP contribution in [0.15, 0.2) is 0 Å². The molecule has 0 aromatic heterocycles. The van der Waals surface area contributed by atoms with Gasteiger partial charge < -0.3 is 9.22 Å². The van der Waals surface area contributed by atoms with Crippen molar-refractivity contribution < 1.29 is 9.22 Å². The summed E-state index contributed by atoms with van der Waals surface area (Å²) in [4.78, 5) is 0. The first-order valence-corrected chi connectivity index (χ1v) is 4.75. The third-order valence-corrected chi connectivity index (χ3v) is 2.44. The van der Waals surface area contributed by atoms with Gasteiger partial charge in [-0.25, -0.2) is 0 Å². The fourth-order valence-electron chi connectivity index (χ4n) is 1.24. The molecule has 0 aliphatic rings. The lowest BCUT2D eigenvalue weighted by molar-refractivity contribution is -0.919. The van der Waals surface area contributed by atoms with Crippen molar-refractivity contribution in [1.29, 1.82) is 0 Å². The second-order valence-corrected chi connectivity index (χ2v) is 4.56. The fourth-order valence-corrected chi connectivity index (χ4v) is 1.24. The molecule has 0 spiro atoms. The van der Waals surface area contributed by atoms with E-state index in [0.29, 0.717) is 6.23 Å². The zero-order valence-corrected chi connectivity index (χ0v) is 9.42. The van der Waals surface area contributed by atoms with Crippen LogP contribution in [-0.2, 0) is 4.74 Å². The third-order valence-electron chi connectivity index (χ3n) is 2.44. The molecule has 2 nitrogen and oxygen atoms in total. The molecule has 0 aliphatic heterocycles. The number of hydrogen-bond acceptors (Lipinski definition) is 1. The van der Waals surface area contributed by atoms with E-state index in [1.165, 1.54) is 6.42 Å². The second kappa shape index (κ2) is 4.83. The summed E-state index contributed by atoms with van der Waals surface area (Å²) >= 11 is 0. The van der Waals surface area contributed by atoms with E-state index in [2.05, 4.69) is 35.0 Å². The van der Waals surface area contributed by atoms with Gasteiger partial charge in [0, 0.05) is 13.5 Å². The molecule has 0 saturated carbocycles. The van der Waals surface area contributed by atoms with E-state index >= 15 is 0 Å². The predicted octanol–water partition coefficient (Wildman–Crippen LogP) is 2.10. The molecule has 74 valence electrons. The zero-order valence-electron chi connectivity index (χ0n) is 9.42. The van der Waals surface area contributed by atoms with Gasteiger partial charge in [-0.05, 0) is 5.92 Å². The Kier molecular flexibility index (Phi) is 4.80. The van der Waals surface area contributed by atoms with E-state index in [0.717, 1.165) is 16.8 Å². The lowest BCUT2D eigenvalue weighted by atomic mass is 10.0. The SMILES string of the molecule is CCC(C)CC(OC)[N+](C)(C)C. The van der Waals surface area contributed by atoms with Crippen LogP contribution in [0, 0.1) is 5.92 Å². The highest BCUT2D eigenvalue weighted by Gasteiger charge is 2.24. The predicted molar refractivity (Wildman–Crippen MR) is 52.9 cm³/mol. The average molecular weight is 174 g/mol. The first-order chi connectivity index (χ1) is 5.41. The number of ether oxygens (including phenoxy) is 1. The minimum atomic E-state index is 0.333. The molecule has 12 heavy (non-hydrogen) atoms. The minimum Gasteiger partial charge on any atom is -0.332 e. The average Bonchev–Trinajstić information content (AvgIpc) is 1.97. The largest absolute Gasteiger partial charge is 0.332 e. The van der Waals surface area contributed by atoms with Gasteiger partial charge in [0.05, 0.1) is 21.1 Å². The monoisotopic (exact) mass is 174 g/mol. The van der Waals surface area contributed by atoms with Gasteiger partial charge in [-0.1, -0.05) is 20.3 Å². The van der Waals surface area contributed by atoms with Gasteiger partial charge in [-0.15, -0.1) is 0 Å². The number of nitrogens with zero attached hydrogens (tertiary/aromatic N) is 1. The van der Waals surface area contributed by atoms with Gasteiger partial charge in [0.2, 0.25) is 0 Å². The van der Waals surface area contributed by atoms with Crippen LogP contribution in [0.5, 0.6) is 0 Å². The number of quaternary nitrogens is 1. The Morgan fingerprint density at radius 3 is 2.00 bits per heavy atom. The van der Waals surface area contributed by atoms with Gasteiger partial charge in [0.25, 0.3) is 0 Å². The molecule has 2 unspecified atom stereocenters. The zero-order chi connectivity index (χ0) is 9.78. The lowest BCUT2D eigenvalue weighted by Crippen LogP contribution is -2.46. The van der Waals surface area contributed by atoms with Crippen molar-refractivity contribution in [2.45, 2.75) is 32.9 Å². The maximum Gasteiger partial charge on any atom is 0.192 e. The minimum absolute atomic E-state index is 0.333. The molecule has 0 radical (unpaired) electrons. The molecule has 0 rings (SSSR count). The summed E-state index contributed by atoms with van der Waals surface area (Å²) in [6, 6.07) is 0. The third kappa shape index (κ3) is 4.07. The highest BCUT2D eigenvalue weighted by atomic mass is 16.5. The van der Waals surface area contributed by atoms with Crippen molar-refractivity contribution >= 4 is 0 Å². The van der Waals surface area contributed by atoms with Gasteiger partial charge in [-0.2, -0.15) is 0 Å². The van der Waals surface area contributed by atoms with E-state index in [1.54, 1.807) is 7.11 Å². The van der Waals surface area contributed by atoms with E-state index < -0.39 is 0 Å². The summed E-state index contributed by atoms with van der Waals surface area (Å²) in [6.07, 6.45) is 2.72. The Morgan fingerprint density at radius 1 is 1.25 bits per heavy atom. The quantitative estimate of drug-likeness (QED) is 0.458. The van der Waals surface area contributed by atoms with E-state index in [9.17, 15) is 0 Å². The van der Waals surface area contributed by atoms with Crippen molar-refractivity contribution in [2.75, 3.05) is 28.3 Å². The van der Waals surface area contributed by atoms with Gasteiger partial charge in [0.1, 0.15) is 0 Å². The van der Waals surface area contributed by atoms with Crippen molar-refractivity contribution in [3.8, 4) is 0 Å². The van der Waals surface area contributed by atoms with Gasteiger partial charge in [-0.3, -0.25) is 0 Å². The highest BCUT2D eigenvalue weighted by Crippen LogP contribution is 2.16. The van der Waals surface area contributed by atoms with E-state index in [-0.39, 0.29) is 0 Å². The summed E-state index contributed by atoms with van der Waals surface area (Å²) in [5.74, 6) is 0.757. The van der Waals surface area contributed by atoms with Crippen LogP contribution >= 0.6 is 0 Å². The molecule has 0 amide bonds. The molecule has 0 aromatic carbocycles. The standard InChI is InChI=1S/C10H24NO/c1-7-9(2)8-10(12-6)11(3,4)5/h9-10H,7-8H2,1-6H3/q+1. The van der Waals surface area contributed by atoms with Crippen LogP contribution in [0.3, 0.4) is 0 Å². The Bertz CT molecular complexity index is 117. The molecule has 0 saturated heterocycles. The number of methoxy groups -OCH3 is 1. The number of hydrogen-bond donors (Lipinski definition) is 0. The van der Waals surface area contributed by atoms with Crippen molar-refractivity contribution in [1.82, 2.24) is 0 Å². The van der Waals surface area contributed by atoms with Crippen LogP contribution in [0.4, 0.5) is 0 Å². The molecule has 2 atom stereocenters. The fraction of sp³-hybridized carbons (Fsp3) is 1.00. The van der Waals surface area contributed by atoms with Crippen molar-refractivity contribution in [3.63, 3.8) is 0 Å². The van der Waals surface area contributed by atoms with Crippen LogP contribution in [0.25, 0.3) is 0 Å². The molecule has 0 fully saturated rings. The van der Waals surface area contributed by atoms with Crippen LogP contribution in [0.1, 0.15) is 26.7 Å². The van der Waals surface area contributed by atoms with E-state index in [4.69, 9.17) is 4.74 Å². The molecule has 0 aliphatic carbocycles. The normalized spacial score (nSPS) is 17.5. The topological polar surface area (TPSA) is 9.23 Å². The lowest BCUT2D eigenvalue weighted by Gasteiger charge is -2.34. The first kappa shape index (κ1) is 11.9. The maximum absolute atomic E-state index is 5.46. The molecular formula is C10H24NO+. The van der Waals surface area contributed by atoms with Crippen LogP contribution < -0.4 is 0 Å². The Hall–Kier alpha value is -0.0800. The highest BCUT2D eigenvalue weighted by molar-refractivity contribution is 4.53. The molecule has 2 heteroatoms. The summed E-state index contributed by atoms with van der Waals surface area (Å²) in [6.45, 7) is 4.51. The maximum atomic E-state index is 5.46. The second-order valence-electron chi connectivity index (χ2n) is 4.56. The Morgan fingerprint density at radius 2 is 1.75 bits per heavy atom. The van der Waals surface area contributed by atoms with Crippen LogP contribution in [-0.4, -0.2) is 39.0 Å². The van der Waals surface area contributed by atoms with Gasteiger partial charge >= 0.3 is 0 Å². The molecule has 0 heterocycles. The Balaban J connectivity index is 4.00. The molecule has 0 N–H and O–H groups in total. The first-order valence-electron chi connectivity index (χ1n) is 4.75. The van der Waals surface area contributed by atoms with Crippen molar-refractivity contribution in [3.05, 3.63) is 0 Å². The van der Waals surface area contributed by atoms with Crippen molar-refractivity contribution in [2.24, 2.45) is 5.92 Å². The smallest absolute Gasteiger partial charge is 0.192 e. The number of rotatable bonds is 5. The van der Waals surface area contributed by atoms with Gasteiger partial charge in [0.15, 0.2) is 6.23 Å². The summed E-state index contributed by atoms with van der Waals surface area (Å²) < 4.78 is 6.35. The summed E-state index contributed by atoms with van der Waals surface area (Å²) in [5.41, 5.74) is 0.